The molecule has 0 unspecified atom stereocenters. The molecule has 0 amide bonds. The van der Waals surface area contributed by atoms with E-state index in [2.05, 4.69) is 23.5 Å². The summed E-state index contributed by atoms with van der Waals surface area (Å²) >= 11 is 0. The Morgan fingerprint density at radius 2 is 1.89 bits per heavy atom. The predicted octanol–water partition coefficient (Wildman–Crippen LogP) is 2.99. The van der Waals surface area contributed by atoms with Gasteiger partial charge in [0.15, 0.2) is 0 Å². The summed E-state index contributed by atoms with van der Waals surface area (Å²) in [6, 6.07) is 14.0. The molecule has 0 atom stereocenters. The summed E-state index contributed by atoms with van der Waals surface area (Å²) in [7, 11) is 1.42. The van der Waals surface area contributed by atoms with E-state index < -0.39 is 0 Å². The lowest BCUT2D eigenvalue weighted by Crippen LogP contribution is -2.08. The van der Waals surface area contributed by atoms with Crippen molar-refractivity contribution in [1.82, 2.24) is 0 Å². The molecule has 1 heterocycles. The Balaban J connectivity index is 2.12. The maximum absolute atomic E-state index is 11.9. The molecular weight excluding hydrogens is 238 g/mol. The number of para-hydroxylation sites is 1. The van der Waals surface area contributed by atoms with Crippen LogP contribution in [-0.2, 0) is 17.7 Å². The number of nitrogens with one attached hydrogen (secondary N) is 1. The topological polar surface area (TPSA) is 38.3 Å². The van der Waals surface area contributed by atoms with Crippen LogP contribution in [0.5, 0.6) is 0 Å². The summed E-state index contributed by atoms with van der Waals surface area (Å²) in [5, 5.41) is 3.41. The molecule has 96 valence electrons. The molecule has 1 aliphatic heterocycles. The van der Waals surface area contributed by atoms with Crippen molar-refractivity contribution in [3.8, 4) is 0 Å². The number of fused-ring (bicyclic) bond motifs is 2. The average Bonchev–Trinajstić information content (AvgIpc) is 2.65. The molecule has 0 radical (unpaired) electrons. The van der Waals surface area contributed by atoms with Gasteiger partial charge in [0.05, 0.1) is 12.7 Å². The molecule has 19 heavy (non-hydrogen) atoms. The minimum absolute atomic E-state index is 0.267. The van der Waals surface area contributed by atoms with Crippen LogP contribution in [0.1, 0.15) is 27.0 Å². The van der Waals surface area contributed by atoms with Crippen LogP contribution in [0, 0.1) is 0 Å². The van der Waals surface area contributed by atoms with Crippen molar-refractivity contribution in [2.75, 3.05) is 12.4 Å². The Morgan fingerprint density at radius 1 is 1.11 bits per heavy atom. The zero-order valence-corrected chi connectivity index (χ0v) is 10.8. The van der Waals surface area contributed by atoms with Crippen LogP contribution >= 0.6 is 0 Å². The molecule has 1 N–H and O–H groups in total. The lowest BCUT2D eigenvalue weighted by molar-refractivity contribution is 0.0599. The number of benzene rings is 2. The molecule has 0 aliphatic carbocycles. The molecule has 3 heteroatoms. The van der Waals surface area contributed by atoms with Gasteiger partial charge in [0.2, 0.25) is 0 Å². The first-order valence-electron chi connectivity index (χ1n) is 6.30. The van der Waals surface area contributed by atoms with Gasteiger partial charge >= 0.3 is 5.97 Å². The van der Waals surface area contributed by atoms with Gasteiger partial charge in [0.1, 0.15) is 0 Å². The maximum atomic E-state index is 11.9. The van der Waals surface area contributed by atoms with Crippen molar-refractivity contribution in [2.45, 2.75) is 13.0 Å². The molecule has 2 aromatic carbocycles. The number of carbonyl (C=O) groups excluding carboxylic acids is 1. The van der Waals surface area contributed by atoms with Gasteiger partial charge in [-0.2, -0.15) is 0 Å². The van der Waals surface area contributed by atoms with Gasteiger partial charge in [-0.1, -0.05) is 30.3 Å². The van der Waals surface area contributed by atoms with Crippen molar-refractivity contribution in [3.63, 3.8) is 0 Å². The first-order valence-corrected chi connectivity index (χ1v) is 6.30. The highest BCUT2D eigenvalue weighted by atomic mass is 16.5. The monoisotopic (exact) mass is 253 g/mol. The highest BCUT2D eigenvalue weighted by Crippen LogP contribution is 2.28. The quantitative estimate of drug-likeness (QED) is 0.794. The Hall–Kier alpha value is -2.29. The number of carbonyl (C=O) groups is 1. The fraction of sp³-hybridized carbons (Fsp3) is 0.188. The minimum atomic E-state index is -0.267. The second kappa shape index (κ2) is 4.76. The van der Waals surface area contributed by atoms with E-state index in [1.807, 2.05) is 24.3 Å². The van der Waals surface area contributed by atoms with E-state index >= 15 is 0 Å². The van der Waals surface area contributed by atoms with Crippen LogP contribution in [0.4, 0.5) is 5.69 Å². The number of methoxy groups -OCH3 is 1. The summed E-state index contributed by atoms with van der Waals surface area (Å²) in [6.07, 6.45) is 0.754. The highest BCUT2D eigenvalue weighted by molar-refractivity contribution is 5.91. The molecule has 0 bridgehead atoms. The van der Waals surface area contributed by atoms with Gasteiger partial charge in [-0.25, -0.2) is 4.79 Å². The Labute approximate surface area is 112 Å². The fourth-order valence-electron chi connectivity index (χ4n) is 2.54. The standard InChI is InChI=1S/C16H15NO2/c1-19-16(18)13-7-4-6-12-10-17-15-8-3-2-5-11(15)9-14(12)13/h2-8,17H,9-10H2,1H3. The van der Waals surface area contributed by atoms with Crippen molar-refractivity contribution >= 4 is 11.7 Å². The van der Waals surface area contributed by atoms with E-state index in [-0.39, 0.29) is 5.97 Å². The van der Waals surface area contributed by atoms with E-state index in [9.17, 15) is 4.79 Å². The molecule has 0 fully saturated rings. The lowest BCUT2D eigenvalue weighted by Gasteiger charge is -2.10. The molecular formula is C16H15NO2. The Morgan fingerprint density at radius 3 is 2.74 bits per heavy atom. The minimum Gasteiger partial charge on any atom is -0.465 e. The first-order chi connectivity index (χ1) is 9.29. The van der Waals surface area contributed by atoms with Crippen molar-refractivity contribution in [1.29, 1.82) is 0 Å². The van der Waals surface area contributed by atoms with Gasteiger partial charge in [-0.15, -0.1) is 0 Å². The third-order valence-electron chi connectivity index (χ3n) is 3.53. The summed E-state index contributed by atoms with van der Waals surface area (Å²) in [5.74, 6) is -0.267. The average molecular weight is 253 g/mol. The molecule has 3 rings (SSSR count). The fourth-order valence-corrected chi connectivity index (χ4v) is 2.54. The molecule has 0 aromatic heterocycles. The second-order valence-corrected chi connectivity index (χ2v) is 4.62. The van der Waals surface area contributed by atoms with Gasteiger partial charge in [0.25, 0.3) is 0 Å². The Kier molecular flexibility index (Phi) is 2.95. The first kappa shape index (κ1) is 11.8. The number of ether oxygens (including phenoxy) is 1. The van der Waals surface area contributed by atoms with E-state index in [0.29, 0.717) is 5.56 Å². The number of esters is 1. The Bertz CT molecular complexity index is 634. The molecule has 0 saturated heterocycles. The zero-order valence-electron chi connectivity index (χ0n) is 10.8. The van der Waals surface area contributed by atoms with Crippen LogP contribution in [0.25, 0.3) is 0 Å². The summed E-state index contributed by atoms with van der Waals surface area (Å²) in [4.78, 5) is 11.9. The van der Waals surface area contributed by atoms with E-state index in [1.54, 1.807) is 0 Å². The van der Waals surface area contributed by atoms with Crippen LogP contribution in [0.3, 0.4) is 0 Å². The third-order valence-corrected chi connectivity index (χ3v) is 3.53. The van der Waals surface area contributed by atoms with Crippen LogP contribution in [-0.4, -0.2) is 13.1 Å². The number of hydrogen-bond donors (Lipinski definition) is 1. The number of anilines is 1. The van der Waals surface area contributed by atoms with Crippen LogP contribution in [0.15, 0.2) is 42.5 Å². The molecule has 0 saturated carbocycles. The third kappa shape index (κ3) is 2.08. The van der Waals surface area contributed by atoms with Gasteiger partial charge in [-0.3, -0.25) is 0 Å². The maximum Gasteiger partial charge on any atom is 0.338 e. The molecule has 0 spiro atoms. The largest absolute Gasteiger partial charge is 0.465 e. The van der Waals surface area contributed by atoms with Crippen LogP contribution < -0.4 is 5.32 Å². The van der Waals surface area contributed by atoms with Crippen molar-refractivity contribution in [3.05, 3.63) is 64.7 Å². The van der Waals surface area contributed by atoms with Crippen LogP contribution in [0.2, 0.25) is 0 Å². The van der Waals surface area contributed by atoms with E-state index in [0.717, 1.165) is 29.8 Å². The summed E-state index contributed by atoms with van der Waals surface area (Å²) < 4.78 is 4.87. The van der Waals surface area contributed by atoms with E-state index in [4.69, 9.17) is 4.74 Å². The van der Waals surface area contributed by atoms with E-state index in [1.165, 1.54) is 12.7 Å². The number of hydrogen-bond acceptors (Lipinski definition) is 3. The second-order valence-electron chi connectivity index (χ2n) is 4.62. The number of rotatable bonds is 1. The van der Waals surface area contributed by atoms with Gasteiger partial charge in [0, 0.05) is 18.7 Å². The molecule has 3 nitrogen and oxygen atoms in total. The zero-order chi connectivity index (χ0) is 13.2. The van der Waals surface area contributed by atoms with Gasteiger partial charge < -0.3 is 10.1 Å². The predicted molar refractivity (Wildman–Crippen MR) is 74.4 cm³/mol. The molecule has 2 aromatic rings. The SMILES string of the molecule is COC(=O)c1cccc2c1Cc1ccccc1NC2. The summed E-state index contributed by atoms with van der Waals surface area (Å²) in [5.41, 5.74) is 5.22. The summed E-state index contributed by atoms with van der Waals surface area (Å²) in [6.45, 7) is 0.733. The van der Waals surface area contributed by atoms with Gasteiger partial charge in [-0.05, 0) is 28.8 Å². The lowest BCUT2D eigenvalue weighted by atomic mass is 9.95. The normalized spacial score (nSPS) is 12.7. The van der Waals surface area contributed by atoms with Crippen molar-refractivity contribution in [2.24, 2.45) is 0 Å². The highest BCUT2D eigenvalue weighted by Gasteiger charge is 2.19. The van der Waals surface area contributed by atoms with Crippen molar-refractivity contribution < 1.29 is 9.53 Å². The molecule has 1 aliphatic rings. The smallest absolute Gasteiger partial charge is 0.338 e.